The fourth-order valence-corrected chi connectivity index (χ4v) is 4.23. The number of amides is 2. The largest absolute Gasteiger partial charge is 0.471 e. The lowest BCUT2D eigenvalue weighted by Gasteiger charge is -2.19. The van der Waals surface area contributed by atoms with Crippen molar-refractivity contribution in [2.24, 2.45) is 0 Å². The number of alkyl halides is 3. The van der Waals surface area contributed by atoms with Gasteiger partial charge >= 0.3 is 18.2 Å². The molecule has 2 amide bonds. The van der Waals surface area contributed by atoms with Crippen molar-refractivity contribution in [2.45, 2.75) is 32.4 Å². The summed E-state index contributed by atoms with van der Waals surface area (Å²) < 4.78 is 43.1. The molecule has 0 saturated heterocycles. The summed E-state index contributed by atoms with van der Waals surface area (Å²) in [4.78, 5) is 37.5. The summed E-state index contributed by atoms with van der Waals surface area (Å²) in [5, 5.41) is 14.1. The Kier molecular flexibility index (Phi) is 8.99. The summed E-state index contributed by atoms with van der Waals surface area (Å²) in [6.07, 6.45) is -3.98. The van der Waals surface area contributed by atoms with Crippen LogP contribution in [0.4, 0.5) is 40.4 Å². The Labute approximate surface area is 214 Å². The molecule has 1 unspecified atom stereocenters. The third-order valence-corrected chi connectivity index (χ3v) is 6.29. The fourth-order valence-electron chi connectivity index (χ4n) is 3.18. The maximum atomic E-state index is 12.7. The minimum absolute atomic E-state index is 0.100. The third-order valence-electron chi connectivity index (χ3n) is 5.28. The number of anilines is 4. The molecule has 0 saturated carbocycles. The SMILES string of the molecule is CCC(C)c1nc(NC(=O)C(F)(F)F)sc1-c1ccnc(Nc2ccc(N(CCOC)C(=O)O)cc2)n1. The number of thiazole rings is 1. The highest BCUT2D eigenvalue weighted by molar-refractivity contribution is 7.19. The molecule has 1 atom stereocenters. The summed E-state index contributed by atoms with van der Waals surface area (Å²) in [5.74, 6) is -1.98. The molecule has 0 aliphatic rings. The molecule has 0 spiro atoms. The lowest BCUT2D eigenvalue weighted by Crippen LogP contribution is -2.32. The highest BCUT2D eigenvalue weighted by Gasteiger charge is 2.39. The van der Waals surface area contributed by atoms with Crippen LogP contribution in [0.3, 0.4) is 0 Å². The van der Waals surface area contributed by atoms with E-state index >= 15 is 0 Å². The quantitative estimate of drug-likeness (QED) is 0.309. The number of aromatic nitrogens is 3. The lowest BCUT2D eigenvalue weighted by molar-refractivity contribution is -0.167. The van der Waals surface area contributed by atoms with E-state index in [1.54, 1.807) is 30.3 Å². The second-order valence-corrected chi connectivity index (χ2v) is 8.86. The van der Waals surface area contributed by atoms with Gasteiger partial charge in [-0.1, -0.05) is 25.2 Å². The second-order valence-electron chi connectivity index (χ2n) is 7.86. The van der Waals surface area contributed by atoms with Crippen LogP contribution in [0.15, 0.2) is 36.5 Å². The molecular formula is C23H25F3N6O4S. The molecule has 1 aromatic carbocycles. The third kappa shape index (κ3) is 7.13. The van der Waals surface area contributed by atoms with E-state index in [0.29, 0.717) is 34.1 Å². The zero-order chi connectivity index (χ0) is 27.2. The van der Waals surface area contributed by atoms with Crippen molar-refractivity contribution in [2.75, 3.05) is 35.8 Å². The van der Waals surface area contributed by atoms with Crippen molar-refractivity contribution >= 4 is 45.8 Å². The Hall–Kier alpha value is -3.78. The maximum absolute atomic E-state index is 12.7. The van der Waals surface area contributed by atoms with Crippen LogP contribution >= 0.6 is 11.3 Å². The molecule has 0 fully saturated rings. The predicted molar refractivity (Wildman–Crippen MR) is 134 cm³/mol. The second kappa shape index (κ2) is 12.0. The first-order chi connectivity index (χ1) is 17.5. The minimum Gasteiger partial charge on any atom is -0.465 e. The van der Waals surface area contributed by atoms with Crippen LogP contribution in [0, 0.1) is 0 Å². The number of carboxylic acid groups (broad SMARTS) is 1. The Morgan fingerprint density at radius 2 is 1.89 bits per heavy atom. The minimum atomic E-state index is -5.03. The van der Waals surface area contributed by atoms with Gasteiger partial charge in [0, 0.05) is 24.7 Å². The van der Waals surface area contributed by atoms with Crippen molar-refractivity contribution < 1.29 is 32.6 Å². The van der Waals surface area contributed by atoms with Crippen LogP contribution in [0.1, 0.15) is 31.9 Å². The predicted octanol–water partition coefficient (Wildman–Crippen LogP) is 5.49. The first-order valence-electron chi connectivity index (χ1n) is 11.1. The van der Waals surface area contributed by atoms with Gasteiger partial charge in [0.25, 0.3) is 0 Å². The Morgan fingerprint density at radius 1 is 1.19 bits per heavy atom. The van der Waals surface area contributed by atoms with Gasteiger partial charge in [0.1, 0.15) is 0 Å². The highest BCUT2D eigenvalue weighted by atomic mass is 32.1. The van der Waals surface area contributed by atoms with Gasteiger partial charge in [-0.25, -0.2) is 19.7 Å². The molecule has 0 aliphatic heterocycles. The summed E-state index contributed by atoms with van der Waals surface area (Å²) in [5.41, 5.74) is 1.98. The normalized spacial score (nSPS) is 12.2. The van der Waals surface area contributed by atoms with E-state index in [-0.39, 0.29) is 30.1 Å². The fraction of sp³-hybridized carbons (Fsp3) is 0.348. The average Bonchev–Trinajstić information content (AvgIpc) is 3.28. The first-order valence-corrected chi connectivity index (χ1v) is 11.9. The number of ether oxygens (including phenoxy) is 1. The molecule has 10 nitrogen and oxygen atoms in total. The van der Waals surface area contributed by atoms with Gasteiger partial charge in [-0.15, -0.1) is 0 Å². The van der Waals surface area contributed by atoms with Gasteiger partial charge in [0.15, 0.2) is 5.13 Å². The van der Waals surface area contributed by atoms with E-state index in [4.69, 9.17) is 4.74 Å². The number of methoxy groups -OCH3 is 1. The number of nitrogens with zero attached hydrogens (tertiary/aromatic N) is 4. The number of benzene rings is 1. The van der Waals surface area contributed by atoms with Crippen molar-refractivity contribution in [3.63, 3.8) is 0 Å². The zero-order valence-electron chi connectivity index (χ0n) is 20.2. The van der Waals surface area contributed by atoms with E-state index in [1.165, 1.54) is 13.3 Å². The van der Waals surface area contributed by atoms with E-state index < -0.39 is 18.2 Å². The summed E-state index contributed by atoms with van der Waals surface area (Å²) >= 11 is 0.898. The topological polar surface area (TPSA) is 130 Å². The Bertz CT molecular complexity index is 1240. The van der Waals surface area contributed by atoms with Gasteiger partial charge in [0.2, 0.25) is 5.95 Å². The monoisotopic (exact) mass is 538 g/mol. The zero-order valence-corrected chi connectivity index (χ0v) is 21.0. The molecule has 3 N–H and O–H groups in total. The van der Waals surface area contributed by atoms with Gasteiger partial charge < -0.3 is 15.2 Å². The van der Waals surface area contributed by atoms with Crippen molar-refractivity contribution in [3.05, 3.63) is 42.2 Å². The molecule has 198 valence electrons. The number of carbonyl (C=O) groups is 2. The standard InChI is InChI=1S/C23H25F3N6O4S/c1-4-13(2)17-18(37-21(30-17)31-19(33)23(24,25)26)16-9-10-27-20(29-16)28-14-5-7-15(8-6-14)32(22(34)35)11-12-36-3/h5-10,13H,4,11-12H2,1-3H3,(H,34,35)(H,27,28,29)(H,30,31,33). The van der Waals surface area contributed by atoms with Crippen LogP contribution in [-0.4, -0.2) is 58.5 Å². The van der Waals surface area contributed by atoms with E-state index in [1.807, 2.05) is 19.2 Å². The molecule has 3 rings (SSSR count). The molecule has 2 aromatic heterocycles. The molecule has 14 heteroatoms. The van der Waals surface area contributed by atoms with Gasteiger partial charge in [-0.3, -0.25) is 15.0 Å². The molecule has 3 aromatic rings. The smallest absolute Gasteiger partial charge is 0.465 e. The first kappa shape index (κ1) is 27.8. The maximum Gasteiger partial charge on any atom is 0.471 e. The van der Waals surface area contributed by atoms with Crippen LogP contribution in [0.5, 0.6) is 0 Å². The molecule has 0 bridgehead atoms. The van der Waals surface area contributed by atoms with Gasteiger partial charge in [-0.2, -0.15) is 13.2 Å². The summed E-state index contributed by atoms with van der Waals surface area (Å²) in [6, 6.07) is 8.17. The Morgan fingerprint density at radius 3 is 2.49 bits per heavy atom. The van der Waals surface area contributed by atoms with Gasteiger partial charge in [0.05, 0.1) is 29.4 Å². The number of hydrogen-bond donors (Lipinski definition) is 3. The molecular weight excluding hydrogens is 513 g/mol. The average molecular weight is 539 g/mol. The number of carbonyl (C=O) groups excluding carboxylic acids is 1. The highest BCUT2D eigenvalue weighted by Crippen LogP contribution is 2.38. The number of rotatable bonds is 10. The molecule has 0 radical (unpaired) electrons. The van der Waals surface area contributed by atoms with Crippen LogP contribution < -0.4 is 15.5 Å². The van der Waals surface area contributed by atoms with E-state index in [0.717, 1.165) is 16.2 Å². The van der Waals surface area contributed by atoms with Gasteiger partial charge in [-0.05, 0) is 42.7 Å². The van der Waals surface area contributed by atoms with Crippen molar-refractivity contribution in [1.82, 2.24) is 15.0 Å². The van der Waals surface area contributed by atoms with E-state index in [9.17, 15) is 27.9 Å². The summed E-state index contributed by atoms with van der Waals surface area (Å²) in [7, 11) is 1.48. The molecule has 2 heterocycles. The van der Waals surface area contributed by atoms with Crippen LogP contribution in [0.25, 0.3) is 10.6 Å². The Balaban J connectivity index is 1.84. The lowest BCUT2D eigenvalue weighted by atomic mass is 10.0. The molecule has 0 aliphatic carbocycles. The number of nitrogens with one attached hydrogen (secondary N) is 2. The number of hydrogen-bond acceptors (Lipinski definition) is 8. The van der Waals surface area contributed by atoms with Crippen LogP contribution in [-0.2, 0) is 9.53 Å². The van der Waals surface area contributed by atoms with Crippen molar-refractivity contribution in [3.8, 4) is 10.6 Å². The molecule has 37 heavy (non-hydrogen) atoms. The van der Waals surface area contributed by atoms with Crippen molar-refractivity contribution in [1.29, 1.82) is 0 Å². The van der Waals surface area contributed by atoms with Crippen LogP contribution in [0.2, 0.25) is 0 Å². The number of halogens is 3. The van der Waals surface area contributed by atoms with E-state index in [2.05, 4.69) is 20.3 Å². The summed E-state index contributed by atoms with van der Waals surface area (Å²) in [6.45, 7) is 4.20.